The maximum Gasteiger partial charge on any atom is 0.192 e. The van der Waals surface area contributed by atoms with Crippen LogP contribution in [0.5, 0.6) is 0 Å². The fourth-order valence-corrected chi connectivity index (χ4v) is 2.30. The normalized spacial score (nSPS) is 13.4. The maximum atomic E-state index is 8.90. The molecule has 0 rings (SSSR count). The molecule has 0 aromatic heterocycles. The van der Waals surface area contributed by atoms with Gasteiger partial charge in [-0.1, -0.05) is 20.8 Å². The second kappa shape index (κ2) is 7.48. The van der Waals surface area contributed by atoms with E-state index < -0.39 is 8.32 Å². The van der Waals surface area contributed by atoms with E-state index in [1.54, 1.807) is 0 Å². The van der Waals surface area contributed by atoms with Crippen LogP contribution in [0.4, 0.5) is 0 Å². The third-order valence-corrected chi connectivity index (χ3v) is 8.05. The molecule has 0 radical (unpaired) electrons. The summed E-state index contributed by atoms with van der Waals surface area (Å²) >= 11 is 0. The van der Waals surface area contributed by atoms with Crippen molar-refractivity contribution in [2.45, 2.75) is 38.9 Å². The van der Waals surface area contributed by atoms with Crippen molar-refractivity contribution in [3.05, 3.63) is 0 Å². The van der Waals surface area contributed by atoms with Crippen LogP contribution in [-0.4, -0.2) is 62.9 Å². The maximum absolute atomic E-state index is 8.90. The third-order valence-electron chi connectivity index (χ3n) is 3.51. The number of nitrogens with zero attached hydrogens (tertiary/aromatic N) is 1. The zero-order valence-corrected chi connectivity index (χ0v) is 13.0. The summed E-state index contributed by atoms with van der Waals surface area (Å²) in [5.41, 5.74) is 0. The molecule has 0 aliphatic heterocycles. The first-order valence-corrected chi connectivity index (χ1v) is 9.23. The van der Waals surface area contributed by atoms with Crippen LogP contribution in [0.25, 0.3) is 0 Å². The van der Waals surface area contributed by atoms with Crippen LogP contribution in [-0.2, 0) is 4.43 Å². The highest BCUT2D eigenvalue weighted by molar-refractivity contribution is 6.74. The average Bonchev–Trinajstić information content (AvgIpc) is 2.16. The molecule has 104 valence electrons. The summed E-state index contributed by atoms with van der Waals surface area (Å²) in [5, 5.41) is 18.0. The monoisotopic (exact) mass is 269 g/mol. The van der Waals surface area contributed by atoms with Crippen LogP contribution in [0.3, 0.4) is 0 Å². The van der Waals surface area contributed by atoms with Gasteiger partial charge in [-0.05, 0) is 18.1 Å². The van der Waals surface area contributed by atoms with E-state index in [1.807, 2.05) is 4.90 Å². The zero-order chi connectivity index (χ0) is 13.5. The average molecular weight is 269 g/mol. The van der Waals surface area contributed by atoms with Gasteiger partial charge in [-0.15, -0.1) is 0 Å². The van der Waals surface area contributed by atoms with Crippen molar-refractivity contribution < 1.29 is 14.6 Å². The quantitative estimate of drug-likeness (QED) is 0.515. The molecule has 0 heterocycles. The van der Waals surface area contributed by atoms with Crippen molar-refractivity contribution in [2.75, 3.05) is 39.5 Å². The molecule has 0 unspecified atom stereocenters. The van der Waals surface area contributed by atoms with Crippen molar-refractivity contribution >= 4 is 8.32 Å². The molecule has 17 heavy (non-hydrogen) atoms. The van der Waals surface area contributed by atoms with Gasteiger partial charge in [-0.2, -0.15) is 0 Å². The molecule has 0 saturated heterocycles. The van der Waals surface area contributed by atoms with E-state index in [4.69, 9.17) is 14.6 Å². The summed E-state index contributed by atoms with van der Waals surface area (Å²) < 4.78 is 6.05. The van der Waals surface area contributed by atoms with Crippen molar-refractivity contribution in [1.29, 1.82) is 0 Å². The predicted molar refractivity (Wildman–Crippen MR) is 73.8 cm³/mol. The molecule has 0 fully saturated rings. The number of aliphatic hydroxyl groups is 2. The Bertz CT molecular complexity index is 198. The fourth-order valence-electron chi connectivity index (χ4n) is 1.26. The minimum absolute atomic E-state index is 0.125. The summed E-state index contributed by atoms with van der Waals surface area (Å²) in [6.45, 7) is 14.0. The molecule has 0 aromatic carbocycles. The highest BCUT2D eigenvalue weighted by atomic mass is 28.4. The van der Waals surface area contributed by atoms with Crippen LogP contribution in [0.1, 0.15) is 20.8 Å². The molecule has 2 N–H and O–H groups in total. The molecular formula is C12H29NO3Si. The van der Waals surface area contributed by atoms with Gasteiger partial charge < -0.3 is 14.6 Å². The van der Waals surface area contributed by atoms with Crippen molar-refractivity contribution in [3.63, 3.8) is 0 Å². The second-order valence-corrected chi connectivity index (χ2v) is 10.7. The lowest BCUT2D eigenvalue weighted by atomic mass is 10.2. The molecule has 0 saturated carbocycles. The molecule has 0 aliphatic carbocycles. The Labute approximate surface area is 107 Å². The van der Waals surface area contributed by atoms with Gasteiger partial charge in [0.15, 0.2) is 8.32 Å². The van der Waals surface area contributed by atoms with E-state index >= 15 is 0 Å². The zero-order valence-electron chi connectivity index (χ0n) is 12.0. The summed E-state index contributed by atoms with van der Waals surface area (Å²) in [6, 6.07) is 0. The van der Waals surface area contributed by atoms with Gasteiger partial charge in [0.25, 0.3) is 0 Å². The summed E-state index contributed by atoms with van der Waals surface area (Å²) in [5.74, 6) is 0. The van der Waals surface area contributed by atoms with Gasteiger partial charge >= 0.3 is 0 Å². The van der Waals surface area contributed by atoms with Crippen LogP contribution in [0.2, 0.25) is 18.1 Å². The second-order valence-electron chi connectivity index (χ2n) is 5.90. The Balaban J connectivity index is 4.03. The Kier molecular flexibility index (Phi) is 7.51. The summed E-state index contributed by atoms with van der Waals surface area (Å²) in [6.07, 6.45) is 0. The van der Waals surface area contributed by atoms with Crippen molar-refractivity contribution in [1.82, 2.24) is 4.90 Å². The van der Waals surface area contributed by atoms with Crippen molar-refractivity contribution in [2.24, 2.45) is 0 Å². The molecule has 0 aliphatic rings. The van der Waals surface area contributed by atoms with Gasteiger partial charge in [-0.25, -0.2) is 0 Å². The summed E-state index contributed by atoms with van der Waals surface area (Å²) in [7, 11) is -1.67. The van der Waals surface area contributed by atoms with Crippen LogP contribution in [0.15, 0.2) is 0 Å². The van der Waals surface area contributed by atoms with E-state index in [-0.39, 0.29) is 18.3 Å². The molecule has 5 heteroatoms. The standard InChI is InChI=1S/C12H29NO3Si/c1-12(2,3)17(4,5)16-11-8-13(6-9-14)7-10-15/h14-15H,6-11H2,1-5H3/i6+1,7+1,8+1,9+1,10+1,11+1. The molecular weight excluding hydrogens is 240 g/mol. The Morgan fingerprint density at radius 3 is 1.82 bits per heavy atom. The Morgan fingerprint density at radius 1 is 1.00 bits per heavy atom. The van der Waals surface area contributed by atoms with Gasteiger partial charge in [-0.3, -0.25) is 4.90 Å². The first-order chi connectivity index (χ1) is 7.74. The first-order valence-electron chi connectivity index (χ1n) is 6.32. The summed E-state index contributed by atoms with van der Waals surface area (Å²) in [4.78, 5) is 2.02. The highest BCUT2D eigenvalue weighted by Gasteiger charge is 2.36. The van der Waals surface area contributed by atoms with Crippen LogP contribution in [0, 0.1) is 0 Å². The largest absolute Gasteiger partial charge is 0.416 e. The minimum atomic E-state index is -1.67. The van der Waals surface area contributed by atoms with Gasteiger partial charge in [0, 0.05) is 26.2 Å². The molecule has 4 nitrogen and oxygen atoms in total. The Morgan fingerprint density at radius 2 is 1.47 bits per heavy atom. The Hall–Kier alpha value is 0.0569. The van der Waals surface area contributed by atoms with Crippen LogP contribution < -0.4 is 0 Å². The minimum Gasteiger partial charge on any atom is -0.416 e. The molecule has 0 bridgehead atoms. The number of aliphatic hydroxyl groups excluding tert-OH is 2. The first kappa shape index (κ1) is 17.1. The fraction of sp³-hybridized carbons (Fsp3) is 1.00. The molecule has 0 aromatic rings. The lowest BCUT2D eigenvalue weighted by molar-refractivity contribution is 0.138. The smallest absolute Gasteiger partial charge is 0.192 e. The van der Waals surface area contributed by atoms with Gasteiger partial charge in [0.2, 0.25) is 0 Å². The molecule has 0 atom stereocenters. The number of hydrogen-bond donors (Lipinski definition) is 2. The lowest BCUT2D eigenvalue weighted by Gasteiger charge is -2.36. The van der Waals surface area contributed by atoms with Crippen LogP contribution >= 0.6 is 0 Å². The highest BCUT2D eigenvalue weighted by Crippen LogP contribution is 2.36. The SMILES string of the molecule is CC(C)(C)[Si](C)(C)O[13CH2][13CH2]N([13CH2][13CH2]O)[13CH2][13CH2]O. The molecule has 0 amide bonds. The third kappa shape index (κ3) is 6.52. The van der Waals surface area contributed by atoms with Crippen molar-refractivity contribution in [3.8, 4) is 0 Å². The lowest BCUT2D eigenvalue weighted by Crippen LogP contribution is -2.43. The predicted octanol–water partition coefficient (Wildman–Crippen LogP) is 1.29. The van der Waals surface area contributed by atoms with E-state index in [0.29, 0.717) is 19.7 Å². The van der Waals surface area contributed by atoms with E-state index in [2.05, 4.69) is 33.9 Å². The van der Waals surface area contributed by atoms with Gasteiger partial charge in [0.05, 0.1) is 13.2 Å². The van der Waals surface area contributed by atoms with Gasteiger partial charge in [0.1, 0.15) is 0 Å². The van der Waals surface area contributed by atoms with E-state index in [1.165, 1.54) is 0 Å². The topological polar surface area (TPSA) is 52.9 Å². The van der Waals surface area contributed by atoms with E-state index in [9.17, 15) is 0 Å². The number of rotatable bonds is 8. The van der Waals surface area contributed by atoms with E-state index in [0.717, 1.165) is 6.54 Å². The molecule has 0 spiro atoms. The number of hydrogen-bond acceptors (Lipinski definition) is 4.